The van der Waals surface area contributed by atoms with Crippen LogP contribution in [0.4, 0.5) is 4.79 Å². The molecule has 0 aliphatic carbocycles. The van der Waals surface area contributed by atoms with Gasteiger partial charge in [0.15, 0.2) is 0 Å². The van der Waals surface area contributed by atoms with Gasteiger partial charge in [-0.25, -0.2) is 4.79 Å². The van der Waals surface area contributed by atoms with Crippen LogP contribution in [-0.2, 0) is 4.79 Å². The number of nitrogens with zero attached hydrogens (tertiary/aromatic N) is 1. The highest BCUT2D eigenvalue weighted by molar-refractivity contribution is 5.79. The van der Waals surface area contributed by atoms with Crippen molar-refractivity contribution in [3.05, 3.63) is 0 Å². The molecule has 1 heterocycles. The topological polar surface area (TPSA) is 69.6 Å². The van der Waals surface area contributed by atoms with Crippen molar-refractivity contribution in [3.63, 3.8) is 0 Å². The second-order valence-corrected chi connectivity index (χ2v) is 7.20. The molecule has 1 rings (SSSR count). The zero-order valence-electron chi connectivity index (χ0n) is 14.0. The van der Waals surface area contributed by atoms with Crippen LogP contribution in [0, 0.1) is 11.3 Å². The van der Waals surface area contributed by atoms with Gasteiger partial charge in [-0.05, 0) is 46.5 Å². The van der Waals surface area contributed by atoms with E-state index in [1.54, 1.807) is 27.7 Å². The zero-order chi connectivity index (χ0) is 16.3. The first-order valence-electron chi connectivity index (χ1n) is 7.92. The van der Waals surface area contributed by atoms with Crippen molar-refractivity contribution in [1.82, 2.24) is 10.2 Å². The van der Waals surface area contributed by atoms with Crippen molar-refractivity contribution in [1.29, 1.82) is 0 Å². The molecular formula is C16H30N2O3. The number of carbonyl (C=O) groups excluding carboxylic acids is 1. The SMILES string of the molecule is CCCC1CCN(C(=O)NC(C)(C)C(C)(C)C(=O)O)CC1. The number of carbonyl (C=O) groups is 2. The van der Waals surface area contributed by atoms with Crippen LogP contribution in [0.5, 0.6) is 0 Å². The highest BCUT2D eigenvalue weighted by Crippen LogP contribution is 2.31. The second-order valence-electron chi connectivity index (χ2n) is 7.20. The summed E-state index contributed by atoms with van der Waals surface area (Å²) >= 11 is 0. The minimum Gasteiger partial charge on any atom is -0.481 e. The quantitative estimate of drug-likeness (QED) is 0.819. The maximum Gasteiger partial charge on any atom is 0.317 e. The van der Waals surface area contributed by atoms with Gasteiger partial charge >= 0.3 is 12.0 Å². The molecule has 1 aliphatic heterocycles. The molecule has 0 aromatic rings. The van der Waals surface area contributed by atoms with Gasteiger partial charge in [0.2, 0.25) is 0 Å². The van der Waals surface area contributed by atoms with E-state index in [0.717, 1.165) is 31.8 Å². The smallest absolute Gasteiger partial charge is 0.317 e. The van der Waals surface area contributed by atoms with Gasteiger partial charge in [-0.2, -0.15) is 0 Å². The number of aliphatic carboxylic acids is 1. The molecule has 0 spiro atoms. The number of carboxylic acids is 1. The summed E-state index contributed by atoms with van der Waals surface area (Å²) in [7, 11) is 0. The molecule has 0 saturated carbocycles. The summed E-state index contributed by atoms with van der Waals surface area (Å²) in [5.41, 5.74) is -1.83. The van der Waals surface area contributed by atoms with Gasteiger partial charge in [-0.1, -0.05) is 19.8 Å². The summed E-state index contributed by atoms with van der Waals surface area (Å²) in [6, 6.07) is -0.149. The monoisotopic (exact) mass is 298 g/mol. The number of nitrogens with one attached hydrogen (secondary N) is 1. The zero-order valence-corrected chi connectivity index (χ0v) is 14.0. The molecular weight excluding hydrogens is 268 g/mol. The van der Waals surface area contributed by atoms with Crippen LogP contribution in [0.2, 0.25) is 0 Å². The Kier molecular flexibility index (Phi) is 5.65. The average molecular weight is 298 g/mol. The van der Waals surface area contributed by atoms with Crippen LogP contribution in [-0.4, -0.2) is 40.6 Å². The van der Waals surface area contributed by atoms with Crippen molar-refractivity contribution in [2.45, 2.75) is 65.8 Å². The molecule has 0 aromatic carbocycles. The van der Waals surface area contributed by atoms with E-state index in [0.29, 0.717) is 0 Å². The van der Waals surface area contributed by atoms with Gasteiger partial charge in [0.1, 0.15) is 0 Å². The van der Waals surface area contributed by atoms with Gasteiger partial charge in [0.05, 0.1) is 11.0 Å². The molecule has 0 unspecified atom stereocenters. The molecule has 5 heteroatoms. The standard InChI is InChI=1S/C16H30N2O3/c1-6-7-12-8-10-18(11-9-12)14(21)17-16(4,5)15(2,3)13(19)20/h12H,6-11H2,1-5H3,(H,17,21)(H,19,20). The Morgan fingerprint density at radius 2 is 1.71 bits per heavy atom. The molecule has 0 aromatic heterocycles. The fourth-order valence-corrected chi connectivity index (χ4v) is 2.60. The predicted molar refractivity (Wildman–Crippen MR) is 83.2 cm³/mol. The maximum absolute atomic E-state index is 12.4. The van der Waals surface area contributed by atoms with Crippen LogP contribution in [0.1, 0.15) is 60.3 Å². The fraction of sp³-hybridized carbons (Fsp3) is 0.875. The molecule has 0 atom stereocenters. The van der Waals surface area contributed by atoms with Crippen molar-refractivity contribution in [3.8, 4) is 0 Å². The number of urea groups is 1. The van der Waals surface area contributed by atoms with Crippen molar-refractivity contribution >= 4 is 12.0 Å². The van der Waals surface area contributed by atoms with E-state index in [2.05, 4.69) is 12.2 Å². The minimum absolute atomic E-state index is 0.149. The Morgan fingerprint density at radius 3 is 2.14 bits per heavy atom. The number of piperidine rings is 1. The normalized spacial score (nSPS) is 17.7. The van der Waals surface area contributed by atoms with E-state index in [1.165, 1.54) is 12.8 Å². The Labute approximate surface area is 128 Å². The molecule has 1 aliphatic rings. The summed E-state index contributed by atoms with van der Waals surface area (Å²) < 4.78 is 0. The second kappa shape index (κ2) is 6.67. The third-order valence-corrected chi connectivity index (χ3v) is 5.12. The lowest BCUT2D eigenvalue weighted by Crippen LogP contribution is -2.60. The van der Waals surface area contributed by atoms with Gasteiger partial charge in [0.25, 0.3) is 0 Å². The number of hydrogen-bond acceptors (Lipinski definition) is 2. The Bertz CT molecular complexity index is 383. The molecule has 0 bridgehead atoms. The first-order chi connectivity index (χ1) is 9.61. The van der Waals surface area contributed by atoms with Gasteiger partial charge < -0.3 is 15.3 Å². The third-order valence-electron chi connectivity index (χ3n) is 5.12. The predicted octanol–water partition coefficient (Wildman–Crippen LogP) is 3.10. The summed E-state index contributed by atoms with van der Waals surface area (Å²) in [5.74, 6) is -0.183. The number of amides is 2. The Morgan fingerprint density at radius 1 is 1.19 bits per heavy atom. The van der Waals surface area contributed by atoms with Crippen LogP contribution < -0.4 is 5.32 Å². The lowest BCUT2D eigenvalue weighted by Gasteiger charge is -2.41. The van der Waals surface area contributed by atoms with Crippen molar-refractivity contribution < 1.29 is 14.7 Å². The molecule has 1 fully saturated rings. The van der Waals surface area contributed by atoms with Crippen LogP contribution in [0.15, 0.2) is 0 Å². The van der Waals surface area contributed by atoms with Crippen LogP contribution in [0.25, 0.3) is 0 Å². The molecule has 5 nitrogen and oxygen atoms in total. The number of carboxylic acid groups (broad SMARTS) is 1. The molecule has 122 valence electrons. The first-order valence-corrected chi connectivity index (χ1v) is 7.92. The summed E-state index contributed by atoms with van der Waals surface area (Å²) in [5, 5.41) is 12.2. The molecule has 2 amide bonds. The Balaban J connectivity index is 2.60. The van der Waals surface area contributed by atoms with Crippen LogP contribution in [0.3, 0.4) is 0 Å². The van der Waals surface area contributed by atoms with Gasteiger partial charge in [-0.15, -0.1) is 0 Å². The van der Waals surface area contributed by atoms with E-state index < -0.39 is 16.9 Å². The first kappa shape index (κ1) is 17.8. The Hall–Kier alpha value is -1.26. The number of rotatable bonds is 5. The number of hydrogen-bond donors (Lipinski definition) is 2. The molecule has 21 heavy (non-hydrogen) atoms. The molecule has 2 N–H and O–H groups in total. The molecule has 0 radical (unpaired) electrons. The summed E-state index contributed by atoms with van der Waals surface area (Å²) in [4.78, 5) is 25.6. The third kappa shape index (κ3) is 4.11. The summed E-state index contributed by atoms with van der Waals surface area (Å²) in [6.07, 6.45) is 4.51. The van der Waals surface area contributed by atoms with Crippen LogP contribution >= 0.6 is 0 Å². The van der Waals surface area contributed by atoms with E-state index in [-0.39, 0.29) is 6.03 Å². The highest BCUT2D eigenvalue weighted by Gasteiger charge is 2.45. The lowest BCUT2D eigenvalue weighted by molar-refractivity contribution is -0.150. The maximum atomic E-state index is 12.4. The van der Waals surface area contributed by atoms with Crippen molar-refractivity contribution in [2.24, 2.45) is 11.3 Å². The minimum atomic E-state index is -1.02. The largest absolute Gasteiger partial charge is 0.481 e. The fourth-order valence-electron chi connectivity index (χ4n) is 2.60. The van der Waals surface area contributed by atoms with E-state index >= 15 is 0 Å². The number of likely N-dealkylation sites (tertiary alicyclic amines) is 1. The van der Waals surface area contributed by atoms with Gasteiger partial charge in [0, 0.05) is 13.1 Å². The lowest BCUT2D eigenvalue weighted by atomic mass is 9.74. The van der Waals surface area contributed by atoms with E-state index in [9.17, 15) is 14.7 Å². The average Bonchev–Trinajstić information content (AvgIpc) is 2.39. The highest BCUT2D eigenvalue weighted by atomic mass is 16.4. The van der Waals surface area contributed by atoms with Gasteiger partial charge in [-0.3, -0.25) is 4.79 Å². The van der Waals surface area contributed by atoms with Crippen molar-refractivity contribution in [2.75, 3.05) is 13.1 Å². The van der Waals surface area contributed by atoms with E-state index in [4.69, 9.17) is 0 Å². The van der Waals surface area contributed by atoms with E-state index in [1.807, 2.05) is 4.90 Å². The molecule has 1 saturated heterocycles. The summed E-state index contributed by atoms with van der Waals surface area (Å²) in [6.45, 7) is 10.5.